The van der Waals surface area contributed by atoms with Crippen molar-refractivity contribution in [3.8, 4) is 0 Å². The lowest BCUT2D eigenvalue weighted by Gasteiger charge is -2.23. The number of likely N-dealkylation sites (N-methyl/N-ethyl adjacent to an activating group) is 1. The molecule has 0 spiro atoms. The number of urea groups is 2. The maximum Gasteiger partial charge on any atom is 0.336 e. The molecule has 3 rings (SSSR count). The summed E-state index contributed by atoms with van der Waals surface area (Å²) >= 11 is 0. The van der Waals surface area contributed by atoms with Crippen molar-refractivity contribution >= 4 is 29.8 Å². The van der Waals surface area contributed by atoms with Crippen molar-refractivity contribution in [1.82, 2.24) is 20.4 Å². The highest BCUT2D eigenvalue weighted by atomic mass is 16.5. The van der Waals surface area contributed by atoms with E-state index in [4.69, 9.17) is 4.74 Å². The molecule has 2 atom stereocenters. The van der Waals surface area contributed by atoms with Gasteiger partial charge in [-0.1, -0.05) is 60.7 Å². The molecule has 1 aliphatic heterocycles. The summed E-state index contributed by atoms with van der Waals surface area (Å²) in [5.41, 5.74) is 1.52. The summed E-state index contributed by atoms with van der Waals surface area (Å²) in [5, 5.41) is 4.97. The predicted octanol–water partition coefficient (Wildman–Crippen LogP) is 1.84. The summed E-state index contributed by atoms with van der Waals surface area (Å²) in [6, 6.07) is 13.4. The van der Waals surface area contributed by atoms with Gasteiger partial charge in [0.05, 0.1) is 0 Å². The molecular weight excluding hydrogens is 452 g/mol. The van der Waals surface area contributed by atoms with Crippen molar-refractivity contribution < 1.29 is 28.7 Å². The molecule has 35 heavy (non-hydrogen) atoms. The molecule has 1 aliphatic rings. The molecule has 1 saturated heterocycles. The van der Waals surface area contributed by atoms with Crippen LogP contribution in [0.3, 0.4) is 0 Å². The average molecular weight is 481 g/mol. The Kier molecular flexibility index (Phi) is 8.55. The van der Waals surface area contributed by atoms with E-state index in [1.807, 2.05) is 24.3 Å². The fraction of sp³-hybridized carbons (Fsp3) is 0.320. The fourth-order valence-electron chi connectivity index (χ4n) is 3.68. The van der Waals surface area contributed by atoms with Crippen LogP contribution in [-0.2, 0) is 32.1 Å². The normalized spacial score (nSPS) is 16.1. The zero-order valence-electron chi connectivity index (χ0n) is 19.6. The Hall–Kier alpha value is -4.21. The fourth-order valence-corrected chi connectivity index (χ4v) is 3.68. The van der Waals surface area contributed by atoms with Crippen LogP contribution in [0.25, 0.3) is 0 Å². The number of hydrogen-bond donors (Lipinski definition) is 2. The minimum Gasteiger partial charge on any atom is -0.459 e. The standard InChI is InChI=1S/C25H28N4O6/c1-3-26-24(33)29-20(22(31)28(4-2)25(29)34)21(30)27-19(15-17-11-7-5-8-12-17)23(32)35-16-18-13-9-6-10-14-18/h5-14,19-20H,3-4,15-16H2,1-2H3,(H,26,33)(H,27,30)/t19-,20-/m0/s1. The number of esters is 1. The lowest BCUT2D eigenvalue weighted by Crippen LogP contribution is -2.56. The topological polar surface area (TPSA) is 125 Å². The van der Waals surface area contributed by atoms with Crippen molar-refractivity contribution in [2.24, 2.45) is 0 Å². The van der Waals surface area contributed by atoms with Crippen molar-refractivity contribution in [3.63, 3.8) is 0 Å². The van der Waals surface area contributed by atoms with Crippen molar-refractivity contribution in [2.45, 2.75) is 39.0 Å². The second kappa shape index (κ2) is 11.8. The van der Waals surface area contributed by atoms with Crippen LogP contribution in [0.15, 0.2) is 60.7 Å². The van der Waals surface area contributed by atoms with Crippen LogP contribution in [0.1, 0.15) is 25.0 Å². The van der Waals surface area contributed by atoms with Gasteiger partial charge in [0, 0.05) is 19.5 Å². The Bertz CT molecular complexity index is 1080. The number of carbonyl (C=O) groups is 5. The van der Waals surface area contributed by atoms with Crippen molar-refractivity contribution in [3.05, 3.63) is 71.8 Å². The first-order chi connectivity index (χ1) is 16.9. The Balaban J connectivity index is 1.82. The summed E-state index contributed by atoms with van der Waals surface area (Å²) in [6.07, 6.45) is 0.0910. The first kappa shape index (κ1) is 25.4. The van der Waals surface area contributed by atoms with Gasteiger partial charge < -0.3 is 15.4 Å². The van der Waals surface area contributed by atoms with Crippen LogP contribution < -0.4 is 10.6 Å². The molecular formula is C25H28N4O6. The Morgan fingerprint density at radius 3 is 2.11 bits per heavy atom. The maximum atomic E-state index is 13.2. The molecule has 0 saturated carbocycles. The van der Waals surface area contributed by atoms with Gasteiger partial charge in [0.2, 0.25) is 6.04 Å². The molecule has 0 aliphatic carbocycles. The summed E-state index contributed by atoms with van der Waals surface area (Å²) in [4.78, 5) is 65.6. The van der Waals surface area contributed by atoms with Crippen LogP contribution in [0.5, 0.6) is 0 Å². The van der Waals surface area contributed by atoms with E-state index in [1.165, 1.54) is 0 Å². The number of imide groups is 2. The SMILES string of the molecule is CCNC(=O)N1C(=O)N(CC)C(=O)[C@@H]1C(=O)N[C@@H](Cc1ccccc1)C(=O)OCc1ccccc1. The van der Waals surface area contributed by atoms with Gasteiger partial charge in [0.1, 0.15) is 12.6 Å². The maximum absolute atomic E-state index is 13.2. The highest BCUT2D eigenvalue weighted by Crippen LogP contribution is 2.19. The van der Waals surface area contributed by atoms with E-state index in [2.05, 4.69) is 10.6 Å². The molecule has 10 heteroatoms. The number of carbonyl (C=O) groups excluding carboxylic acids is 5. The molecule has 0 unspecified atom stereocenters. The van der Waals surface area contributed by atoms with E-state index in [9.17, 15) is 24.0 Å². The molecule has 0 bridgehead atoms. The van der Waals surface area contributed by atoms with Gasteiger partial charge in [-0.2, -0.15) is 0 Å². The van der Waals surface area contributed by atoms with Crippen LogP contribution in [0.4, 0.5) is 9.59 Å². The average Bonchev–Trinajstić information content (AvgIpc) is 3.12. The van der Waals surface area contributed by atoms with Gasteiger partial charge >= 0.3 is 18.0 Å². The molecule has 2 aromatic carbocycles. The highest BCUT2D eigenvalue weighted by Gasteiger charge is 2.52. The molecule has 0 radical (unpaired) electrons. The first-order valence-electron chi connectivity index (χ1n) is 11.3. The molecule has 1 heterocycles. The Morgan fingerprint density at radius 2 is 1.54 bits per heavy atom. The van der Waals surface area contributed by atoms with Gasteiger partial charge in [-0.15, -0.1) is 0 Å². The minimum atomic E-state index is -1.73. The smallest absolute Gasteiger partial charge is 0.336 e. The predicted molar refractivity (Wildman–Crippen MR) is 126 cm³/mol. The van der Waals surface area contributed by atoms with Gasteiger partial charge in [0.15, 0.2) is 0 Å². The van der Waals surface area contributed by atoms with Crippen LogP contribution in [-0.4, -0.2) is 64.8 Å². The third-order valence-corrected chi connectivity index (χ3v) is 5.41. The Morgan fingerprint density at radius 1 is 0.943 bits per heavy atom. The number of ether oxygens (including phenoxy) is 1. The van der Waals surface area contributed by atoms with Crippen LogP contribution >= 0.6 is 0 Å². The minimum absolute atomic E-state index is 0.00365. The molecule has 2 aromatic rings. The largest absolute Gasteiger partial charge is 0.459 e. The molecule has 6 amide bonds. The first-order valence-corrected chi connectivity index (χ1v) is 11.3. The number of hydrogen-bond acceptors (Lipinski definition) is 6. The molecule has 184 valence electrons. The zero-order chi connectivity index (χ0) is 25.4. The number of rotatable bonds is 9. The quantitative estimate of drug-likeness (QED) is 0.321. The lowest BCUT2D eigenvalue weighted by molar-refractivity contribution is -0.150. The van der Waals surface area contributed by atoms with Crippen molar-refractivity contribution in [2.75, 3.05) is 13.1 Å². The highest BCUT2D eigenvalue weighted by molar-refractivity contribution is 6.20. The van der Waals surface area contributed by atoms with E-state index in [0.29, 0.717) is 4.90 Å². The molecule has 0 aromatic heterocycles. The van der Waals surface area contributed by atoms with Crippen molar-refractivity contribution in [1.29, 1.82) is 0 Å². The van der Waals surface area contributed by atoms with E-state index < -0.39 is 41.9 Å². The monoisotopic (exact) mass is 480 g/mol. The summed E-state index contributed by atoms with van der Waals surface area (Å²) < 4.78 is 5.42. The lowest BCUT2D eigenvalue weighted by atomic mass is 10.1. The van der Waals surface area contributed by atoms with Gasteiger partial charge in [-0.25, -0.2) is 19.3 Å². The molecule has 10 nitrogen and oxygen atoms in total. The summed E-state index contributed by atoms with van der Waals surface area (Å²) in [6.45, 7) is 3.39. The Labute approximate surface area is 203 Å². The number of nitrogens with one attached hydrogen (secondary N) is 2. The summed E-state index contributed by atoms with van der Waals surface area (Å²) in [7, 11) is 0. The van der Waals surface area contributed by atoms with E-state index in [-0.39, 0.29) is 26.1 Å². The van der Waals surface area contributed by atoms with Crippen LogP contribution in [0.2, 0.25) is 0 Å². The van der Waals surface area contributed by atoms with Crippen LogP contribution in [0, 0.1) is 0 Å². The number of nitrogens with zero attached hydrogens (tertiary/aromatic N) is 2. The number of amides is 6. The summed E-state index contributed by atoms with van der Waals surface area (Å²) in [5.74, 6) is -2.49. The molecule has 2 N–H and O–H groups in total. The third-order valence-electron chi connectivity index (χ3n) is 5.41. The zero-order valence-corrected chi connectivity index (χ0v) is 19.6. The second-order valence-electron chi connectivity index (χ2n) is 7.82. The van der Waals surface area contributed by atoms with Gasteiger partial charge in [0.25, 0.3) is 11.8 Å². The number of benzene rings is 2. The van der Waals surface area contributed by atoms with Gasteiger partial charge in [-0.05, 0) is 25.0 Å². The van der Waals surface area contributed by atoms with E-state index >= 15 is 0 Å². The molecule has 1 fully saturated rings. The van der Waals surface area contributed by atoms with E-state index in [1.54, 1.807) is 50.2 Å². The van der Waals surface area contributed by atoms with E-state index in [0.717, 1.165) is 16.0 Å². The third kappa shape index (κ3) is 6.03. The van der Waals surface area contributed by atoms with Gasteiger partial charge in [-0.3, -0.25) is 14.5 Å². The second-order valence-corrected chi connectivity index (χ2v) is 7.82.